The number of thioether (sulfide) groups is 1. The van der Waals surface area contributed by atoms with Crippen LogP contribution in [0.15, 0.2) is 0 Å². The highest BCUT2D eigenvalue weighted by Crippen LogP contribution is 2.38. The Bertz CT molecular complexity index is 193. The molecule has 1 saturated carbocycles. The first-order valence-corrected chi connectivity index (χ1v) is 7.85. The number of hydrogen-bond acceptors (Lipinski definition) is 2. The molecule has 0 aromatic rings. The van der Waals surface area contributed by atoms with Gasteiger partial charge in [0.2, 0.25) is 0 Å². The lowest BCUT2D eigenvalue weighted by atomic mass is 9.79. The van der Waals surface area contributed by atoms with Crippen LogP contribution in [-0.2, 0) is 0 Å². The summed E-state index contributed by atoms with van der Waals surface area (Å²) in [7, 11) is 2.13. The molecule has 1 rings (SSSR count). The maximum absolute atomic E-state index is 3.52. The average molecular weight is 243 g/mol. The summed E-state index contributed by atoms with van der Waals surface area (Å²) in [5.74, 6) is 1.81. The van der Waals surface area contributed by atoms with Gasteiger partial charge in [-0.2, -0.15) is 11.8 Å². The van der Waals surface area contributed by atoms with Crippen molar-refractivity contribution in [2.75, 3.05) is 7.05 Å². The van der Waals surface area contributed by atoms with E-state index in [-0.39, 0.29) is 0 Å². The molecule has 1 fully saturated rings. The molecule has 0 bridgehead atoms. The lowest BCUT2D eigenvalue weighted by Crippen LogP contribution is -2.42. The zero-order valence-electron chi connectivity index (χ0n) is 11.6. The first kappa shape index (κ1) is 14.4. The minimum Gasteiger partial charge on any atom is -0.316 e. The third kappa shape index (κ3) is 3.96. The van der Waals surface area contributed by atoms with Gasteiger partial charge in [0.1, 0.15) is 0 Å². The summed E-state index contributed by atoms with van der Waals surface area (Å²) < 4.78 is 0. The molecule has 4 unspecified atom stereocenters. The van der Waals surface area contributed by atoms with Gasteiger partial charge < -0.3 is 5.32 Å². The smallest absolute Gasteiger partial charge is 0.0206 e. The summed E-state index contributed by atoms with van der Waals surface area (Å²) in [5.41, 5.74) is 0. The largest absolute Gasteiger partial charge is 0.316 e. The molecule has 1 aliphatic rings. The molecule has 0 radical (unpaired) electrons. The van der Waals surface area contributed by atoms with Crippen LogP contribution in [0.3, 0.4) is 0 Å². The van der Waals surface area contributed by atoms with Gasteiger partial charge in [0.25, 0.3) is 0 Å². The van der Waals surface area contributed by atoms with Crippen LogP contribution in [0.1, 0.15) is 53.4 Å². The highest BCUT2D eigenvalue weighted by Gasteiger charge is 2.31. The minimum absolute atomic E-state index is 0.744. The third-order valence-corrected chi connectivity index (χ3v) is 5.80. The van der Waals surface area contributed by atoms with Crippen molar-refractivity contribution in [3.05, 3.63) is 0 Å². The maximum atomic E-state index is 3.52. The summed E-state index contributed by atoms with van der Waals surface area (Å²) >= 11 is 2.21. The molecule has 1 N–H and O–H groups in total. The van der Waals surface area contributed by atoms with Gasteiger partial charge in [-0.25, -0.2) is 0 Å². The fourth-order valence-electron chi connectivity index (χ4n) is 2.64. The van der Waals surface area contributed by atoms with Crippen LogP contribution in [-0.4, -0.2) is 23.6 Å². The molecule has 0 spiro atoms. The van der Waals surface area contributed by atoms with Crippen molar-refractivity contribution in [3.8, 4) is 0 Å². The Labute approximate surface area is 106 Å². The molecule has 0 aliphatic heterocycles. The maximum Gasteiger partial charge on any atom is 0.0206 e. The minimum atomic E-state index is 0.744. The molecule has 96 valence electrons. The van der Waals surface area contributed by atoms with Gasteiger partial charge in [0.05, 0.1) is 0 Å². The van der Waals surface area contributed by atoms with E-state index in [2.05, 4.69) is 51.8 Å². The number of nitrogens with one attached hydrogen (secondary N) is 1. The first-order valence-electron chi connectivity index (χ1n) is 6.91. The van der Waals surface area contributed by atoms with E-state index in [0.717, 1.165) is 28.4 Å². The first-order chi connectivity index (χ1) is 7.58. The van der Waals surface area contributed by atoms with E-state index in [1.165, 1.54) is 25.7 Å². The predicted octanol–water partition coefficient (Wildman–Crippen LogP) is 3.93. The van der Waals surface area contributed by atoms with Crippen molar-refractivity contribution >= 4 is 11.8 Å². The highest BCUT2D eigenvalue weighted by molar-refractivity contribution is 8.00. The Morgan fingerprint density at radius 2 is 1.94 bits per heavy atom. The normalized spacial score (nSPS) is 33.0. The molecule has 0 saturated heterocycles. The summed E-state index contributed by atoms with van der Waals surface area (Å²) in [6.45, 7) is 9.44. The van der Waals surface area contributed by atoms with Crippen LogP contribution in [0.5, 0.6) is 0 Å². The highest BCUT2D eigenvalue weighted by atomic mass is 32.2. The summed E-state index contributed by atoms with van der Waals surface area (Å²) in [4.78, 5) is 0. The monoisotopic (exact) mass is 243 g/mol. The SMILES string of the molecule is CCC(C)SC1CC(C(C)C)CCC1NC. The summed E-state index contributed by atoms with van der Waals surface area (Å²) in [6.07, 6.45) is 5.50. The zero-order chi connectivity index (χ0) is 12.1. The molecule has 0 aromatic carbocycles. The lowest BCUT2D eigenvalue weighted by molar-refractivity contribution is 0.251. The molecule has 0 heterocycles. The Morgan fingerprint density at radius 3 is 2.44 bits per heavy atom. The second kappa shape index (κ2) is 6.90. The molecule has 4 atom stereocenters. The van der Waals surface area contributed by atoms with Crippen LogP contribution in [0, 0.1) is 11.8 Å². The fourth-order valence-corrected chi connectivity index (χ4v) is 4.25. The lowest BCUT2D eigenvalue weighted by Gasteiger charge is -2.38. The Hall–Kier alpha value is 0.310. The molecule has 1 nitrogen and oxygen atoms in total. The summed E-state index contributed by atoms with van der Waals surface area (Å²) in [5, 5.41) is 5.17. The van der Waals surface area contributed by atoms with E-state index in [0.29, 0.717) is 0 Å². The van der Waals surface area contributed by atoms with Gasteiger partial charge >= 0.3 is 0 Å². The topological polar surface area (TPSA) is 12.0 Å². The molecule has 16 heavy (non-hydrogen) atoms. The Morgan fingerprint density at radius 1 is 1.25 bits per heavy atom. The number of hydrogen-bond donors (Lipinski definition) is 1. The van der Waals surface area contributed by atoms with E-state index in [1.807, 2.05) is 0 Å². The number of rotatable bonds is 5. The Kier molecular flexibility index (Phi) is 6.20. The molecule has 2 heteroatoms. The van der Waals surface area contributed by atoms with Gasteiger partial charge in [-0.05, 0) is 44.6 Å². The van der Waals surface area contributed by atoms with Crippen molar-refractivity contribution in [3.63, 3.8) is 0 Å². The summed E-state index contributed by atoms with van der Waals surface area (Å²) in [6, 6.07) is 0.744. The fraction of sp³-hybridized carbons (Fsp3) is 1.00. The van der Waals surface area contributed by atoms with Crippen molar-refractivity contribution in [2.45, 2.75) is 69.9 Å². The molecular formula is C14H29NS. The van der Waals surface area contributed by atoms with E-state index < -0.39 is 0 Å². The Balaban J connectivity index is 2.53. The average Bonchev–Trinajstić information content (AvgIpc) is 2.28. The van der Waals surface area contributed by atoms with Crippen molar-refractivity contribution in [1.29, 1.82) is 0 Å². The third-order valence-electron chi connectivity index (χ3n) is 4.13. The van der Waals surface area contributed by atoms with Gasteiger partial charge in [-0.15, -0.1) is 0 Å². The predicted molar refractivity (Wildman–Crippen MR) is 76.2 cm³/mol. The van der Waals surface area contributed by atoms with Gasteiger partial charge in [-0.1, -0.05) is 27.7 Å². The van der Waals surface area contributed by atoms with Crippen molar-refractivity contribution < 1.29 is 0 Å². The van der Waals surface area contributed by atoms with E-state index in [1.54, 1.807) is 0 Å². The van der Waals surface area contributed by atoms with E-state index >= 15 is 0 Å². The second-order valence-electron chi connectivity index (χ2n) is 5.61. The van der Waals surface area contributed by atoms with Gasteiger partial charge in [0.15, 0.2) is 0 Å². The van der Waals surface area contributed by atoms with Crippen LogP contribution < -0.4 is 5.32 Å². The molecular weight excluding hydrogens is 214 g/mol. The molecule has 0 amide bonds. The van der Waals surface area contributed by atoms with Gasteiger partial charge in [-0.3, -0.25) is 0 Å². The quantitative estimate of drug-likeness (QED) is 0.785. The van der Waals surface area contributed by atoms with Gasteiger partial charge in [0, 0.05) is 16.5 Å². The van der Waals surface area contributed by atoms with Crippen LogP contribution >= 0.6 is 11.8 Å². The van der Waals surface area contributed by atoms with Crippen LogP contribution in [0.2, 0.25) is 0 Å². The van der Waals surface area contributed by atoms with Crippen LogP contribution in [0.4, 0.5) is 0 Å². The zero-order valence-corrected chi connectivity index (χ0v) is 12.4. The molecule has 0 aromatic heterocycles. The molecule has 1 aliphatic carbocycles. The van der Waals surface area contributed by atoms with E-state index in [9.17, 15) is 0 Å². The van der Waals surface area contributed by atoms with E-state index in [4.69, 9.17) is 0 Å². The van der Waals surface area contributed by atoms with Crippen LogP contribution in [0.25, 0.3) is 0 Å². The standard InChI is InChI=1S/C14H29NS/c1-6-11(4)16-14-9-12(10(2)3)7-8-13(14)15-5/h10-15H,6-9H2,1-5H3. The second-order valence-corrected chi connectivity index (χ2v) is 7.29. The van der Waals surface area contributed by atoms with Crippen molar-refractivity contribution in [2.24, 2.45) is 11.8 Å². The van der Waals surface area contributed by atoms with Crippen molar-refractivity contribution in [1.82, 2.24) is 5.32 Å².